The molecule has 0 saturated carbocycles. The zero-order valence-corrected chi connectivity index (χ0v) is 12.2. The Balaban J connectivity index is 1.94. The zero-order chi connectivity index (χ0) is 12.8. The average Bonchev–Trinajstić information content (AvgIpc) is 2.41. The maximum absolute atomic E-state index is 3.44. The van der Waals surface area contributed by atoms with Gasteiger partial charge in [-0.1, -0.05) is 31.2 Å². The monoisotopic (exact) mass is 261 g/mol. The van der Waals surface area contributed by atoms with Gasteiger partial charge in [0.15, 0.2) is 0 Å². The molecule has 2 rings (SSSR count). The third kappa shape index (κ3) is 3.89. The molecule has 2 atom stereocenters. The van der Waals surface area contributed by atoms with Gasteiger partial charge >= 0.3 is 0 Å². The van der Waals surface area contributed by atoms with E-state index >= 15 is 0 Å². The van der Waals surface area contributed by atoms with Gasteiger partial charge in [-0.2, -0.15) is 0 Å². The van der Waals surface area contributed by atoms with E-state index in [2.05, 4.69) is 55.6 Å². The Hall–Kier alpha value is -0.730. The fourth-order valence-corrected chi connectivity index (χ4v) is 3.43. The van der Waals surface area contributed by atoms with E-state index in [-0.39, 0.29) is 0 Å². The van der Waals surface area contributed by atoms with Gasteiger partial charge in [0.05, 0.1) is 0 Å². The van der Waals surface area contributed by atoms with E-state index in [0.29, 0.717) is 11.3 Å². The Kier molecular flexibility index (Phi) is 5.33. The van der Waals surface area contributed by atoms with Crippen molar-refractivity contribution in [3.63, 3.8) is 0 Å². The molecular formula is C16H23NS. The highest BCUT2D eigenvalue weighted by Gasteiger charge is 2.10. The molecule has 0 saturated heterocycles. The Morgan fingerprint density at radius 1 is 1.33 bits per heavy atom. The second-order valence-corrected chi connectivity index (χ2v) is 6.18. The van der Waals surface area contributed by atoms with Gasteiger partial charge in [0.25, 0.3) is 0 Å². The first-order valence-corrected chi connectivity index (χ1v) is 7.84. The molecule has 0 radical (unpaired) electrons. The van der Waals surface area contributed by atoms with Crippen LogP contribution in [0.3, 0.4) is 0 Å². The quantitative estimate of drug-likeness (QED) is 0.780. The Labute approximate surface area is 115 Å². The van der Waals surface area contributed by atoms with Crippen LogP contribution >= 0.6 is 11.8 Å². The van der Waals surface area contributed by atoms with Crippen LogP contribution in [0.5, 0.6) is 0 Å². The van der Waals surface area contributed by atoms with Gasteiger partial charge in [-0.3, -0.25) is 0 Å². The lowest BCUT2D eigenvalue weighted by Crippen LogP contribution is -2.17. The first-order chi connectivity index (χ1) is 8.79. The van der Waals surface area contributed by atoms with E-state index in [1.165, 1.54) is 29.7 Å². The summed E-state index contributed by atoms with van der Waals surface area (Å²) in [7, 11) is 0. The second-order valence-electron chi connectivity index (χ2n) is 4.86. The van der Waals surface area contributed by atoms with Crippen LogP contribution in [-0.2, 0) is 0 Å². The molecule has 1 N–H and O–H groups in total. The highest BCUT2D eigenvalue weighted by atomic mass is 32.2. The highest BCUT2D eigenvalue weighted by Crippen LogP contribution is 2.30. The Morgan fingerprint density at radius 3 is 2.72 bits per heavy atom. The molecule has 1 aliphatic rings. The van der Waals surface area contributed by atoms with Crippen molar-refractivity contribution in [3.8, 4) is 0 Å². The summed E-state index contributed by atoms with van der Waals surface area (Å²) in [6.45, 7) is 5.39. The van der Waals surface area contributed by atoms with Crippen molar-refractivity contribution in [2.45, 2.75) is 49.3 Å². The number of rotatable bonds is 5. The van der Waals surface area contributed by atoms with Crippen molar-refractivity contribution in [2.75, 3.05) is 6.54 Å². The van der Waals surface area contributed by atoms with E-state index in [9.17, 15) is 0 Å². The number of allylic oxidation sites excluding steroid dienone is 1. The molecule has 98 valence electrons. The van der Waals surface area contributed by atoms with Crippen molar-refractivity contribution in [1.29, 1.82) is 0 Å². The van der Waals surface area contributed by atoms with Gasteiger partial charge in [0.2, 0.25) is 0 Å². The van der Waals surface area contributed by atoms with E-state index in [4.69, 9.17) is 0 Å². The summed E-state index contributed by atoms with van der Waals surface area (Å²) in [5.41, 5.74) is 1.38. The standard InChI is InChI=1S/C16H23NS/c1-3-17-13(2)14-9-11-16(12-10-14)18-15-7-5-4-6-8-15/h5,7,9-13,15,17H,3-4,6,8H2,1-2H3. The number of nitrogens with one attached hydrogen (secondary N) is 1. The summed E-state index contributed by atoms with van der Waals surface area (Å²) in [4.78, 5) is 1.39. The van der Waals surface area contributed by atoms with Gasteiger partial charge in [-0.25, -0.2) is 0 Å². The minimum absolute atomic E-state index is 0.448. The maximum atomic E-state index is 3.44. The van der Waals surface area contributed by atoms with Crippen LogP contribution in [0.1, 0.15) is 44.7 Å². The van der Waals surface area contributed by atoms with Crippen LogP contribution in [-0.4, -0.2) is 11.8 Å². The molecule has 0 bridgehead atoms. The van der Waals surface area contributed by atoms with Gasteiger partial charge in [0.1, 0.15) is 0 Å². The molecule has 2 unspecified atom stereocenters. The second kappa shape index (κ2) is 7.01. The topological polar surface area (TPSA) is 12.0 Å². The van der Waals surface area contributed by atoms with E-state index in [1.54, 1.807) is 0 Å². The van der Waals surface area contributed by atoms with Crippen LogP contribution in [0.15, 0.2) is 41.3 Å². The van der Waals surface area contributed by atoms with Crippen LogP contribution in [0.4, 0.5) is 0 Å². The molecule has 1 nitrogen and oxygen atoms in total. The molecule has 1 aliphatic carbocycles. The lowest BCUT2D eigenvalue weighted by Gasteiger charge is -2.17. The van der Waals surface area contributed by atoms with Gasteiger partial charge < -0.3 is 5.32 Å². The predicted molar refractivity (Wildman–Crippen MR) is 81.2 cm³/mol. The van der Waals surface area contributed by atoms with Crippen LogP contribution in [0.2, 0.25) is 0 Å². The summed E-state index contributed by atoms with van der Waals surface area (Å²) in [5.74, 6) is 0. The molecule has 0 spiro atoms. The highest BCUT2D eigenvalue weighted by molar-refractivity contribution is 8.00. The van der Waals surface area contributed by atoms with Crippen molar-refractivity contribution < 1.29 is 0 Å². The molecule has 0 heterocycles. The molecule has 0 aliphatic heterocycles. The SMILES string of the molecule is CCNC(C)c1ccc(SC2C=CCCC2)cc1. The average molecular weight is 261 g/mol. The number of hydrogen-bond acceptors (Lipinski definition) is 2. The molecule has 1 aromatic carbocycles. The molecular weight excluding hydrogens is 238 g/mol. The van der Waals surface area contributed by atoms with Crippen molar-refractivity contribution in [1.82, 2.24) is 5.32 Å². The fourth-order valence-electron chi connectivity index (χ4n) is 2.31. The van der Waals surface area contributed by atoms with Gasteiger partial charge in [-0.15, -0.1) is 11.8 Å². The van der Waals surface area contributed by atoms with Crippen LogP contribution < -0.4 is 5.32 Å². The normalized spacial score (nSPS) is 20.9. The minimum Gasteiger partial charge on any atom is -0.310 e. The Bertz CT molecular complexity index is 383. The van der Waals surface area contributed by atoms with E-state index < -0.39 is 0 Å². The maximum Gasteiger partial charge on any atom is 0.0291 e. The summed E-state index contributed by atoms with van der Waals surface area (Å²) < 4.78 is 0. The lowest BCUT2D eigenvalue weighted by atomic mass is 10.1. The van der Waals surface area contributed by atoms with Gasteiger partial charge in [-0.05, 0) is 50.4 Å². The zero-order valence-electron chi connectivity index (χ0n) is 11.4. The van der Waals surface area contributed by atoms with E-state index in [1.807, 2.05) is 11.8 Å². The molecule has 0 fully saturated rings. The van der Waals surface area contributed by atoms with Crippen molar-refractivity contribution >= 4 is 11.8 Å². The van der Waals surface area contributed by atoms with Crippen LogP contribution in [0, 0.1) is 0 Å². The molecule has 0 amide bonds. The molecule has 18 heavy (non-hydrogen) atoms. The summed E-state index contributed by atoms with van der Waals surface area (Å²) in [6, 6.07) is 9.47. The number of benzene rings is 1. The van der Waals surface area contributed by atoms with Gasteiger partial charge in [0, 0.05) is 16.2 Å². The largest absolute Gasteiger partial charge is 0.310 e. The smallest absolute Gasteiger partial charge is 0.0291 e. The van der Waals surface area contributed by atoms with Crippen LogP contribution in [0.25, 0.3) is 0 Å². The fraction of sp³-hybridized carbons (Fsp3) is 0.500. The van der Waals surface area contributed by atoms with Crippen molar-refractivity contribution in [3.05, 3.63) is 42.0 Å². The summed E-state index contributed by atoms with van der Waals surface area (Å²) >= 11 is 1.99. The molecule has 1 aromatic rings. The third-order valence-electron chi connectivity index (χ3n) is 3.39. The lowest BCUT2D eigenvalue weighted by molar-refractivity contribution is 0.598. The number of thioether (sulfide) groups is 1. The third-order valence-corrected chi connectivity index (χ3v) is 4.63. The van der Waals surface area contributed by atoms with Crippen molar-refractivity contribution in [2.24, 2.45) is 0 Å². The molecule has 0 aromatic heterocycles. The number of hydrogen-bond donors (Lipinski definition) is 1. The Morgan fingerprint density at radius 2 is 2.11 bits per heavy atom. The molecule has 2 heteroatoms. The predicted octanol–water partition coefficient (Wildman–Crippen LogP) is 4.56. The first-order valence-electron chi connectivity index (χ1n) is 6.96. The minimum atomic E-state index is 0.448. The first kappa shape index (κ1) is 13.7. The van der Waals surface area contributed by atoms with E-state index in [0.717, 1.165) is 6.54 Å². The summed E-state index contributed by atoms with van der Waals surface area (Å²) in [5, 5.41) is 4.12. The summed E-state index contributed by atoms with van der Waals surface area (Å²) in [6.07, 6.45) is 8.60.